The van der Waals surface area contributed by atoms with Gasteiger partial charge in [-0.1, -0.05) is 0 Å². The van der Waals surface area contributed by atoms with Crippen LogP contribution in [0.4, 0.5) is 0 Å². The zero-order valence-electron chi connectivity index (χ0n) is 23.3. The summed E-state index contributed by atoms with van der Waals surface area (Å²) >= 11 is 0. The molecule has 0 aliphatic carbocycles. The van der Waals surface area contributed by atoms with Crippen LogP contribution in [0, 0.1) is 19.8 Å². The number of ether oxygens (including phenoxy) is 1. The highest BCUT2D eigenvalue weighted by Gasteiger charge is 2.30. The molecular formula is C27H44N4O5S. The van der Waals surface area contributed by atoms with Crippen molar-refractivity contribution in [2.45, 2.75) is 56.9 Å². The molecular weight excluding hydrogens is 492 g/mol. The van der Waals surface area contributed by atoms with Crippen molar-refractivity contribution in [3.8, 4) is 5.75 Å². The van der Waals surface area contributed by atoms with Crippen LogP contribution in [0.3, 0.4) is 0 Å². The van der Waals surface area contributed by atoms with Gasteiger partial charge in [-0.15, -0.1) is 0 Å². The summed E-state index contributed by atoms with van der Waals surface area (Å²) < 4.78 is 32.6. The zero-order chi connectivity index (χ0) is 27.3. The van der Waals surface area contributed by atoms with E-state index in [4.69, 9.17) is 4.74 Å². The van der Waals surface area contributed by atoms with Crippen LogP contribution in [0.5, 0.6) is 5.75 Å². The number of rotatable bonds is 11. The van der Waals surface area contributed by atoms with Gasteiger partial charge in [0.2, 0.25) is 15.9 Å². The molecule has 0 radical (unpaired) electrons. The number of likely N-dealkylation sites (N-methyl/N-ethyl adjacent to an activating group) is 2. The van der Waals surface area contributed by atoms with Crippen molar-refractivity contribution in [3.05, 3.63) is 23.3 Å². The predicted octanol–water partition coefficient (Wildman–Crippen LogP) is 2.16. The standard InChI is InChI=1S/C27H44N4O5S/c1-20-15-25(36-6)16-21(2)27(20)37(34,35)30(5)19-24(32)7-8-26(33)29(4)17-22-9-13-31(14-10-22)23-11-12-28(3)18-23/h15-16,22-23H,7-14,17-19H2,1-6H3. The first-order valence-electron chi connectivity index (χ1n) is 13.2. The molecule has 1 amide bonds. The molecule has 208 valence electrons. The summed E-state index contributed by atoms with van der Waals surface area (Å²) in [6.07, 6.45) is 3.53. The van der Waals surface area contributed by atoms with E-state index in [2.05, 4.69) is 16.8 Å². The Hall–Kier alpha value is -2.01. The number of piperidine rings is 1. The summed E-state index contributed by atoms with van der Waals surface area (Å²) in [6, 6.07) is 4.00. The minimum absolute atomic E-state index is 0.0251. The molecule has 0 spiro atoms. The van der Waals surface area contributed by atoms with Gasteiger partial charge in [-0.05, 0) is 89.0 Å². The summed E-state index contributed by atoms with van der Waals surface area (Å²) in [5, 5.41) is 0. The van der Waals surface area contributed by atoms with E-state index in [0.717, 1.165) is 36.8 Å². The van der Waals surface area contributed by atoms with Crippen LogP contribution >= 0.6 is 0 Å². The molecule has 2 fully saturated rings. The van der Waals surface area contributed by atoms with Gasteiger partial charge in [0.05, 0.1) is 18.6 Å². The molecule has 3 rings (SSSR count). The summed E-state index contributed by atoms with van der Waals surface area (Å²) in [6.45, 7) is 8.34. The smallest absolute Gasteiger partial charge is 0.243 e. The zero-order valence-corrected chi connectivity index (χ0v) is 24.1. The third kappa shape index (κ3) is 7.52. The number of hydrogen-bond donors (Lipinski definition) is 0. The quantitative estimate of drug-likeness (QED) is 0.428. The average Bonchev–Trinajstić information content (AvgIpc) is 3.28. The highest BCUT2D eigenvalue weighted by molar-refractivity contribution is 7.89. The molecule has 37 heavy (non-hydrogen) atoms. The lowest BCUT2D eigenvalue weighted by atomic mass is 9.95. The second kappa shape index (κ2) is 12.7. The summed E-state index contributed by atoms with van der Waals surface area (Å²) in [4.78, 5) is 32.2. The number of methoxy groups -OCH3 is 1. The average molecular weight is 537 g/mol. The molecule has 0 aromatic heterocycles. The maximum Gasteiger partial charge on any atom is 0.243 e. The topological polar surface area (TPSA) is 90.5 Å². The first-order chi connectivity index (χ1) is 17.4. The van der Waals surface area contributed by atoms with Gasteiger partial charge in [-0.25, -0.2) is 8.42 Å². The van der Waals surface area contributed by atoms with E-state index in [9.17, 15) is 18.0 Å². The Bertz CT molecular complexity index is 1050. The van der Waals surface area contributed by atoms with Crippen LogP contribution in [0.25, 0.3) is 0 Å². The Morgan fingerprint density at radius 1 is 1.03 bits per heavy atom. The van der Waals surface area contributed by atoms with Crippen molar-refractivity contribution in [2.75, 3.05) is 67.5 Å². The fourth-order valence-corrected chi connectivity index (χ4v) is 7.20. The summed E-state index contributed by atoms with van der Waals surface area (Å²) in [5.74, 6) is 0.724. The number of hydrogen-bond acceptors (Lipinski definition) is 7. The minimum atomic E-state index is -3.85. The summed E-state index contributed by atoms with van der Waals surface area (Å²) in [5.41, 5.74) is 1.13. The van der Waals surface area contributed by atoms with Crippen LogP contribution in [0.15, 0.2) is 17.0 Å². The maximum atomic E-state index is 13.2. The number of ketones is 1. The first-order valence-corrected chi connectivity index (χ1v) is 14.7. The van der Waals surface area contributed by atoms with Crippen LogP contribution in [-0.4, -0.2) is 113 Å². The van der Waals surface area contributed by atoms with Crippen molar-refractivity contribution in [1.29, 1.82) is 0 Å². The van der Waals surface area contributed by atoms with Crippen LogP contribution in [-0.2, 0) is 19.6 Å². The Kier molecular flexibility index (Phi) is 10.1. The van der Waals surface area contributed by atoms with E-state index < -0.39 is 10.0 Å². The number of likely N-dealkylation sites (tertiary alicyclic amines) is 2. The highest BCUT2D eigenvalue weighted by Crippen LogP contribution is 2.28. The normalized spacial score (nSPS) is 19.9. The van der Waals surface area contributed by atoms with Crippen molar-refractivity contribution in [3.63, 3.8) is 0 Å². The third-order valence-corrected chi connectivity index (χ3v) is 9.95. The number of nitrogens with zero attached hydrogens (tertiary/aromatic N) is 4. The lowest BCUT2D eigenvalue weighted by Crippen LogP contribution is -2.44. The number of amides is 1. The van der Waals surface area contributed by atoms with Crippen molar-refractivity contribution < 1.29 is 22.7 Å². The Morgan fingerprint density at radius 3 is 2.19 bits per heavy atom. The molecule has 0 N–H and O–H groups in total. The van der Waals surface area contributed by atoms with E-state index in [0.29, 0.717) is 35.4 Å². The first kappa shape index (κ1) is 29.5. The van der Waals surface area contributed by atoms with Crippen LogP contribution in [0.1, 0.15) is 43.2 Å². The van der Waals surface area contributed by atoms with Gasteiger partial charge in [0.25, 0.3) is 0 Å². The van der Waals surface area contributed by atoms with Gasteiger partial charge < -0.3 is 14.5 Å². The Labute approximate surface area is 222 Å². The van der Waals surface area contributed by atoms with Gasteiger partial charge in [0.15, 0.2) is 0 Å². The second-order valence-corrected chi connectivity index (χ2v) is 12.8. The van der Waals surface area contributed by atoms with Gasteiger partial charge in [-0.2, -0.15) is 4.31 Å². The Balaban J connectivity index is 1.44. The molecule has 0 saturated carbocycles. The maximum absolute atomic E-state index is 13.2. The van der Waals surface area contributed by atoms with Crippen molar-refractivity contribution >= 4 is 21.7 Å². The number of carbonyl (C=O) groups excluding carboxylic acids is 2. The van der Waals surface area contributed by atoms with Gasteiger partial charge >= 0.3 is 0 Å². The van der Waals surface area contributed by atoms with Gasteiger partial charge in [-0.3, -0.25) is 14.5 Å². The second-order valence-electron chi connectivity index (χ2n) is 10.8. The SMILES string of the molecule is COc1cc(C)c(S(=O)(=O)N(C)CC(=O)CCC(=O)N(C)CC2CCN(C3CCN(C)C3)CC2)c(C)c1. The molecule has 2 aliphatic heterocycles. The van der Waals surface area contributed by atoms with Crippen molar-refractivity contribution in [2.24, 2.45) is 5.92 Å². The molecule has 10 heteroatoms. The number of aryl methyl sites for hydroxylation is 2. The molecule has 9 nitrogen and oxygen atoms in total. The van der Waals surface area contributed by atoms with E-state index in [-0.39, 0.29) is 36.0 Å². The summed E-state index contributed by atoms with van der Waals surface area (Å²) in [7, 11) is 3.06. The van der Waals surface area contributed by atoms with E-state index in [1.54, 1.807) is 37.9 Å². The number of carbonyl (C=O) groups is 2. The molecule has 1 aromatic carbocycles. The third-order valence-electron chi connectivity index (χ3n) is 7.84. The molecule has 2 aliphatic rings. The molecule has 0 bridgehead atoms. The van der Waals surface area contributed by atoms with E-state index in [1.807, 2.05) is 0 Å². The fourth-order valence-electron chi connectivity index (χ4n) is 5.64. The largest absolute Gasteiger partial charge is 0.497 e. The van der Waals surface area contributed by atoms with Crippen LogP contribution < -0.4 is 4.74 Å². The number of sulfonamides is 1. The van der Waals surface area contributed by atoms with Gasteiger partial charge in [0, 0.05) is 46.1 Å². The molecule has 1 atom stereocenters. The highest BCUT2D eigenvalue weighted by atomic mass is 32.2. The molecule has 2 saturated heterocycles. The van der Waals surface area contributed by atoms with Crippen LogP contribution in [0.2, 0.25) is 0 Å². The molecule has 1 aromatic rings. The molecule has 1 unspecified atom stereocenters. The number of Topliss-reactive ketones (excluding diaryl/α,β-unsaturated/α-hetero) is 1. The van der Waals surface area contributed by atoms with Gasteiger partial charge in [0.1, 0.15) is 11.5 Å². The lowest BCUT2D eigenvalue weighted by molar-refractivity contribution is -0.132. The molecule has 2 heterocycles. The minimum Gasteiger partial charge on any atom is -0.497 e. The predicted molar refractivity (Wildman–Crippen MR) is 144 cm³/mol. The Morgan fingerprint density at radius 2 is 1.65 bits per heavy atom. The monoisotopic (exact) mass is 536 g/mol. The van der Waals surface area contributed by atoms with E-state index in [1.165, 1.54) is 27.1 Å². The fraction of sp³-hybridized carbons (Fsp3) is 0.704. The van der Waals surface area contributed by atoms with E-state index >= 15 is 0 Å². The lowest BCUT2D eigenvalue weighted by Gasteiger charge is -2.37. The number of benzene rings is 1. The van der Waals surface area contributed by atoms with Crippen molar-refractivity contribution in [1.82, 2.24) is 19.0 Å².